The maximum absolute atomic E-state index is 12.5. The zero-order valence-corrected chi connectivity index (χ0v) is 15.6. The van der Waals surface area contributed by atoms with Gasteiger partial charge < -0.3 is 25.0 Å². The second kappa shape index (κ2) is 10.7. The van der Waals surface area contributed by atoms with Crippen molar-refractivity contribution in [3.05, 3.63) is 0 Å². The van der Waals surface area contributed by atoms with E-state index in [0.29, 0.717) is 38.8 Å². The van der Waals surface area contributed by atoms with Gasteiger partial charge in [0, 0.05) is 26.2 Å². The first-order chi connectivity index (χ1) is 12.1. The van der Waals surface area contributed by atoms with Crippen LogP contribution < -0.4 is 10.6 Å². The monoisotopic (exact) mass is 355 g/mol. The number of piperidine rings is 1. The average molecular weight is 355 g/mol. The van der Waals surface area contributed by atoms with E-state index in [4.69, 9.17) is 9.47 Å². The number of nitrogens with one attached hydrogen (secondary N) is 2. The number of likely N-dealkylation sites (tertiary alicyclic amines) is 1. The summed E-state index contributed by atoms with van der Waals surface area (Å²) < 4.78 is 10.8. The molecular weight excluding hydrogens is 322 g/mol. The highest BCUT2D eigenvalue weighted by atomic mass is 16.5. The van der Waals surface area contributed by atoms with E-state index in [1.165, 1.54) is 0 Å². The predicted octanol–water partition coefficient (Wildman–Crippen LogP) is 0.535. The minimum Gasteiger partial charge on any atom is -0.379 e. The number of hydrogen-bond donors (Lipinski definition) is 2. The first-order valence-electron chi connectivity index (χ1n) is 9.61. The van der Waals surface area contributed by atoms with Gasteiger partial charge in [0.2, 0.25) is 5.91 Å². The smallest absolute Gasteiger partial charge is 0.251 e. The molecule has 0 bridgehead atoms. The van der Waals surface area contributed by atoms with Gasteiger partial charge in [-0.3, -0.25) is 9.59 Å². The molecule has 2 fully saturated rings. The Morgan fingerprint density at radius 2 is 2.12 bits per heavy atom. The molecule has 0 aromatic carbocycles. The Bertz CT molecular complexity index is 427. The Kier molecular flexibility index (Phi) is 8.64. The highest BCUT2D eigenvalue weighted by Crippen LogP contribution is 2.17. The largest absolute Gasteiger partial charge is 0.379 e. The van der Waals surface area contributed by atoms with Crippen molar-refractivity contribution in [3.8, 4) is 0 Å². The van der Waals surface area contributed by atoms with Crippen LogP contribution in [0.3, 0.4) is 0 Å². The number of nitrogens with zero attached hydrogens (tertiary/aromatic N) is 1. The first-order valence-corrected chi connectivity index (χ1v) is 9.61. The normalized spacial score (nSPS) is 25.0. The van der Waals surface area contributed by atoms with Crippen molar-refractivity contribution in [2.24, 2.45) is 5.92 Å². The fourth-order valence-corrected chi connectivity index (χ4v) is 3.46. The van der Waals surface area contributed by atoms with E-state index in [0.717, 1.165) is 38.8 Å². The third kappa shape index (κ3) is 6.56. The standard InChI is InChI=1S/C18H33N3O4/c1-3-24-10-11-25-14(2)18(23)21-9-5-6-15(13-21)12-20-17(22)16-7-4-8-19-16/h14-16,19H,3-13H2,1-2H3,(H,20,22). The van der Waals surface area contributed by atoms with Crippen molar-refractivity contribution >= 4 is 11.8 Å². The van der Waals surface area contributed by atoms with Crippen LogP contribution in [0, 0.1) is 5.92 Å². The molecular formula is C18H33N3O4. The molecule has 2 aliphatic heterocycles. The summed E-state index contributed by atoms with van der Waals surface area (Å²) in [5, 5.41) is 6.26. The summed E-state index contributed by atoms with van der Waals surface area (Å²) in [5.74, 6) is 0.442. The van der Waals surface area contributed by atoms with Crippen LogP contribution in [0.1, 0.15) is 39.5 Å². The average Bonchev–Trinajstić information content (AvgIpc) is 3.17. The van der Waals surface area contributed by atoms with Gasteiger partial charge in [0.05, 0.1) is 19.3 Å². The van der Waals surface area contributed by atoms with Crippen molar-refractivity contribution in [2.75, 3.05) is 46.0 Å². The van der Waals surface area contributed by atoms with E-state index in [1.807, 2.05) is 11.8 Å². The third-order valence-corrected chi connectivity index (χ3v) is 4.92. The van der Waals surface area contributed by atoms with Gasteiger partial charge in [0.25, 0.3) is 5.91 Å². The van der Waals surface area contributed by atoms with Crippen molar-refractivity contribution in [1.82, 2.24) is 15.5 Å². The molecule has 0 aliphatic carbocycles. The maximum atomic E-state index is 12.5. The molecule has 0 spiro atoms. The maximum Gasteiger partial charge on any atom is 0.251 e. The van der Waals surface area contributed by atoms with E-state index in [1.54, 1.807) is 6.92 Å². The van der Waals surface area contributed by atoms with Gasteiger partial charge in [0.15, 0.2) is 0 Å². The summed E-state index contributed by atoms with van der Waals surface area (Å²) >= 11 is 0. The minimum atomic E-state index is -0.448. The van der Waals surface area contributed by atoms with Crippen molar-refractivity contribution in [3.63, 3.8) is 0 Å². The molecule has 2 saturated heterocycles. The van der Waals surface area contributed by atoms with Crippen LogP contribution in [0.4, 0.5) is 0 Å². The van der Waals surface area contributed by atoms with Gasteiger partial charge in [-0.2, -0.15) is 0 Å². The number of amides is 2. The van der Waals surface area contributed by atoms with Crippen molar-refractivity contribution in [2.45, 2.75) is 51.7 Å². The van der Waals surface area contributed by atoms with E-state index in [-0.39, 0.29) is 17.9 Å². The molecule has 7 heteroatoms. The number of carbonyl (C=O) groups is 2. The fourth-order valence-electron chi connectivity index (χ4n) is 3.46. The molecule has 7 nitrogen and oxygen atoms in total. The third-order valence-electron chi connectivity index (χ3n) is 4.92. The predicted molar refractivity (Wildman–Crippen MR) is 95.2 cm³/mol. The lowest BCUT2D eigenvalue weighted by molar-refractivity contribution is -0.145. The number of carbonyl (C=O) groups excluding carboxylic acids is 2. The quantitative estimate of drug-likeness (QED) is 0.590. The molecule has 2 aliphatic rings. The Morgan fingerprint density at radius 3 is 2.84 bits per heavy atom. The lowest BCUT2D eigenvalue weighted by Crippen LogP contribution is -2.48. The van der Waals surface area contributed by atoms with Crippen LogP contribution in [-0.2, 0) is 19.1 Å². The summed E-state index contributed by atoms with van der Waals surface area (Å²) in [7, 11) is 0. The van der Waals surface area contributed by atoms with Crippen LogP contribution in [0.2, 0.25) is 0 Å². The second-order valence-electron chi connectivity index (χ2n) is 6.90. The van der Waals surface area contributed by atoms with Gasteiger partial charge in [-0.25, -0.2) is 0 Å². The molecule has 144 valence electrons. The topological polar surface area (TPSA) is 79.9 Å². The van der Waals surface area contributed by atoms with Crippen LogP contribution >= 0.6 is 0 Å². The molecule has 0 aromatic rings. The fraction of sp³-hybridized carbons (Fsp3) is 0.889. The van der Waals surface area contributed by atoms with E-state index >= 15 is 0 Å². The highest BCUT2D eigenvalue weighted by molar-refractivity contribution is 5.82. The van der Waals surface area contributed by atoms with Gasteiger partial charge >= 0.3 is 0 Å². The van der Waals surface area contributed by atoms with Crippen LogP contribution in [0.5, 0.6) is 0 Å². The molecule has 2 rings (SSSR count). The van der Waals surface area contributed by atoms with E-state index in [2.05, 4.69) is 10.6 Å². The molecule has 3 atom stereocenters. The van der Waals surface area contributed by atoms with Gasteiger partial charge in [0.1, 0.15) is 6.10 Å². The number of ether oxygens (including phenoxy) is 2. The van der Waals surface area contributed by atoms with Gasteiger partial charge in [-0.15, -0.1) is 0 Å². The Balaban J connectivity index is 1.69. The van der Waals surface area contributed by atoms with Crippen LogP contribution in [0.25, 0.3) is 0 Å². The van der Waals surface area contributed by atoms with Crippen LogP contribution in [-0.4, -0.2) is 74.9 Å². The lowest BCUT2D eigenvalue weighted by atomic mass is 9.97. The molecule has 2 heterocycles. The molecule has 0 saturated carbocycles. The SMILES string of the molecule is CCOCCOC(C)C(=O)N1CCCC(CNC(=O)C2CCCN2)C1. The first kappa shape index (κ1) is 20.1. The summed E-state index contributed by atoms with van der Waals surface area (Å²) in [4.78, 5) is 26.5. The Hall–Kier alpha value is -1.18. The van der Waals surface area contributed by atoms with E-state index < -0.39 is 6.10 Å². The molecule has 25 heavy (non-hydrogen) atoms. The number of hydrogen-bond acceptors (Lipinski definition) is 5. The van der Waals surface area contributed by atoms with E-state index in [9.17, 15) is 9.59 Å². The van der Waals surface area contributed by atoms with Crippen molar-refractivity contribution < 1.29 is 19.1 Å². The minimum absolute atomic E-state index is 0.0324. The molecule has 3 unspecified atom stereocenters. The Morgan fingerprint density at radius 1 is 1.28 bits per heavy atom. The molecule has 2 N–H and O–H groups in total. The second-order valence-corrected chi connectivity index (χ2v) is 6.90. The summed E-state index contributed by atoms with van der Waals surface area (Å²) in [6, 6.07) is -0.0416. The highest BCUT2D eigenvalue weighted by Gasteiger charge is 2.28. The molecule has 0 radical (unpaired) electrons. The van der Waals surface area contributed by atoms with Gasteiger partial charge in [-0.05, 0) is 52.0 Å². The lowest BCUT2D eigenvalue weighted by Gasteiger charge is -2.34. The molecule has 0 aromatic heterocycles. The zero-order chi connectivity index (χ0) is 18.1. The van der Waals surface area contributed by atoms with Crippen LogP contribution in [0.15, 0.2) is 0 Å². The summed E-state index contributed by atoms with van der Waals surface area (Å²) in [5.41, 5.74) is 0. The molecule has 2 amide bonds. The van der Waals surface area contributed by atoms with Crippen molar-refractivity contribution in [1.29, 1.82) is 0 Å². The summed E-state index contributed by atoms with van der Waals surface area (Å²) in [6.45, 7) is 8.35. The number of rotatable bonds is 9. The zero-order valence-electron chi connectivity index (χ0n) is 15.6. The Labute approximate surface area is 150 Å². The summed E-state index contributed by atoms with van der Waals surface area (Å²) in [6.07, 6.45) is 3.54. The van der Waals surface area contributed by atoms with Gasteiger partial charge in [-0.1, -0.05) is 0 Å².